The Balaban J connectivity index is 2.93. The van der Waals surface area contributed by atoms with Gasteiger partial charge in [-0.2, -0.15) is 0 Å². The van der Waals surface area contributed by atoms with Crippen LogP contribution in [0.15, 0.2) is 24.3 Å². The Labute approximate surface area is 283 Å². The van der Waals surface area contributed by atoms with Crippen molar-refractivity contribution in [3.63, 3.8) is 0 Å². The number of ether oxygens (including phenoxy) is 2. The number of carbonyl (C=O) groups excluding carboxylic acids is 6. The molecule has 0 aliphatic heterocycles. The van der Waals surface area contributed by atoms with E-state index in [4.69, 9.17) is 19.1 Å². The fraction of sp³-hybridized carbons (Fsp3) is 0.647. The maximum absolute atomic E-state index is 12.9. The van der Waals surface area contributed by atoms with Gasteiger partial charge in [0.25, 0.3) is 23.6 Å². The predicted octanol–water partition coefficient (Wildman–Crippen LogP) is 3.53. The zero-order chi connectivity index (χ0) is 36.7. The van der Waals surface area contributed by atoms with Gasteiger partial charge in [0.05, 0.1) is 0 Å². The first-order chi connectivity index (χ1) is 22.2. The van der Waals surface area contributed by atoms with Crippen LogP contribution in [0.5, 0.6) is 0 Å². The summed E-state index contributed by atoms with van der Waals surface area (Å²) in [6, 6.07) is 5.57. The number of benzene rings is 1. The van der Waals surface area contributed by atoms with Crippen molar-refractivity contribution in [1.82, 2.24) is 21.6 Å². The Hall–Kier alpha value is -4.04. The van der Waals surface area contributed by atoms with Crippen molar-refractivity contribution in [2.75, 3.05) is 13.1 Å². The van der Waals surface area contributed by atoms with Crippen molar-refractivity contribution in [1.29, 1.82) is 0 Å². The minimum Gasteiger partial charge on any atom is -0.460 e. The van der Waals surface area contributed by atoms with Crippen LogP contribution in [0.2, 0.25) is 0 Å². The van der Waals surface area contributed by atoms with Crippen molar-refractivity contribution < 1.29 is 47.9 Å². The first-order valence-electron chi connectivity index (χ1n) is 16.2. The van der Waals surface area contributed by atoms with E-state index in [0.717, 1.165) is 0 Å². The topological polar surface area (TPSA) is 187 Å². The molecule has 0 saturated carbocycles. The number of hydrogen-bond donors (Lipinski definition) is 4. The molecule has 0 spiro atoms. The molecule has 4 amide bonds. The van der Waals surface area contributed by atoms with Gasteiger partial charge in [0.15, 0.2) is 12.2 Å². The summed E-state index contributed by atoms with van der Waals surface area (Å²) >= 11 is 0. The van der Waals surface area contributed by atoms with E-state index >= 15 is 0 Å². The lowest BCUT2D eigenvalue weighted by Gasteiger charge is -2.21. The van der Waals surface area contributed by atoms with Gasteiger partial charge in [0.2, 0.25) is 0 Å². The van der Waals surface area contributed by atoms with E-state index in [1.165, 1.54) is 24.3 Å². The lowest BCUT2D eigenvalue weighted by atomic mass is 10.1. The molecule has 14 heteroatoms. The fourth-order valence-electron chi connectivity index (χ4n) is 3.78. The number of esters is 2. The Bertz CT molecular complexity index is 1160. The molecule has 0 aliphatic rings. The molecule has 270 valence electrons. The minimum atomic E-state index is -1.19. The molecule has 0 aromatic heterocycles. The molecule has 0 saturated heterocycles. The van der Waals surface area contributed by atoms with Crippen LogP contribution in [0, 0.1) is 11.8 Å². The summed E-state index contributed by atoms with van der Waals surface area (Å²) < 4.78 is 10.6. The summed E-state index contributed by atoms with van der Waals surface area (Å²) in [5.41, 5.74) is 3.09. The zero-order valence-corrected chi connectivity index (χ0v) is 29.9. The molecule has 0 aliphatic carbocycles. The van der Waals surface area contributed by atoms with Gasteiger partial charge in [0, 0.05) is 37.1 Å². The molecule has 48 heavy (non-hydrogen) atoms. The Kier molecular flexibility index (Phi) is 17.2. The fourth-order valence-corrected chi connectivity index (χ4v) is 3.78. The van der Waals surface area contributed by atoms with E-state index < -0.39 is 59.0 Å². The van der Waals surface area contributed by atoms with Crippen LogP contribution in [0.1, 0.15) is 116 Å². The standard InChI is InChI=1S/C34H54N4O10/c1-21(2)19-35-31(43)25(14-16-27(39)45-33(5,6)7)47-37-29(41)23-12-11-13-24(18-23)30(42)38-48-26(32(44)36-20-22(3)4)15-17-28(40)46-34(8,9)10/h11-13,18,21-22,25-26H,14-17,19-20H2,1-10H3,(H,35,43)(H,36,44)(H,37,41)(H,38,42)/t25-,26-/m0/s1. The Morgan fingerprint density at radius 2 is 0.979 bits per heavy atom. The molecule has 2 atom stereocenters. The van der Waals surface area contributed by atoms with Crippen LogP contribution in [-0.4, -0.2) is 72.1 Å². The third kappa shape index (κ3) is 18.3. The molecule has 0 radical (unpaired) electrons. The van der Waals surface area contributed by atoms with Gasteiger partial charge in [-0.3, -0.25) is 38.4 Å². The highest BCUT2D eigenvalue weighted by Crippen LogP contribution is 2.14. The molecule has 1 aromatic rings. The van der Waals surface area contributed by atoms with Crippen LogP contribution >= 0.6 is 0 Å². The second-order valence-electron chi connectivity index (χ2n) is 14.2. The van der Waals surface area contributed by atoms with Gasteiger partial charge in [0.1, 0.15) is 11.2 Å². The highest BCUT2D eigenvalue weighted by molar-refractivity contribution is 5.99. The molecule has 0 heterocycles. The predicted molar refractivity (Wildman–Crippen MR) is 177 cm³/mol. The lowest BCUT2D eigenvalue weighted by molar-refractivity contribution is -0.157. The van der Waals surface area contributed by atoms with Crippen molar-refractivity contribution in [3.8, 4) is 0 Å². The number of nitrogens with one attached hydrogen (secondary N) is 4. The van der Waals surface area contributed by atoms with Gasteiger partial charge in [-0.15, -0.1) is 0 Å². The SMILES string of the molecule is CC(C)CNC(=O)[C@H](CCC(=O)OC(C)(C)C)ONC(=O)c1cccc(C(=O)NO[C@@H](CCC(=O)OC(C)(C)C)C(=O)NCC(C)C)c1. The second kappa shape index (κ2) is 19.7. The zero-order valence-electron chi connectivity index (χ0n) is 29.9. The molecule has 14 nitrogen and oxygen atoms in total. The number of carbonyl (C=O) groups is 6. The Morgan fingerprint density at radius 3 is 1.29 bits per heavy atom. The number of hydroxylamine groups is 2. The average Bonchev–Trinajstić information content (AvgIpc) is 2.96. The minimum absolute atomic E-state index is 0.0206. The van der Waals surface area contributed by atoms with E-state index in [9.17, 15) is 28.8 Å². The van der Waals surface area contributed by atoms with Gasteiger partial charge >= 0.3 is 11.9 Å². The van der Waals surface area contributed by atoms with Crippen LogP contribution in [-0.2, 0) is 38.3 Å². The molecular formula is C34H54N4O10. The summed E-state index contributed by atoms with van der Waals surface area (Å²) in [6.45, 7) is 18.7. The highest BCUT2D eigenvalue weighted by Gasteiger charge is 2.26. The van der Waals surface area contributed by atoms with E-state index in [1.54, 1.807) is 41.5 Å². The number of amides is 4. The number of rotatable bonds is 18. The van der Waals surface area contributed by atoms with Gasteiger partial charge < -0.3 is 20.1 Å². The summed E-state index contributed by atoms with van der Waals surface area (Å²) in [5, 5.41) is 5.45. The first-order valence-corrected chi connectivity index (χ1v) is 16.2. The van der Waals surface area contributed by atoms with Crippen molar-refractivity contribution >= 4 is 35.6 Å². The van der Waals surface area contributed by atoms with Crippen LogP contribution in [0.25, 0.3) is 0 Å². The Morgan fingerprint density at radius 1 is 0.625 bits per heavy atom. The normalized spacial score (nSPS) is 12.9. The molecule has 4 N–H and O–H groups in total. The molecular weight excluding hydrogens is 624 g/mol. The summed E-state index contributed by atoms with van der Waals surface area (Å²) in [6.07, 6.45) is -2.76. The highest BCUT2D eigenvalue weighted by atomic mass is 16.7. The van der Waals surface area contributed by atoms with Crippen molar-refractivity contribution in [2.45, 2.75) is 118 Å². The summed E-state index contributed by atoms with van der Waals surface area (Å²) in [5.74, 6) is -3.28. The molecule has 0 fully saturated rings. The van der Waals surface area contributed by atoms with E-state index in [1.807, 2.05) is 27.7 Å². The summed E-state index contributed by atoms with van der Waals surface area (Å²) in [7, 11) is 0. The van der Waals surface area contributed by atoms with Crippen LogP contribution < -0.4 is 21.6 Å². The maximum atomic E-state index is 12.9. The summed E-state index contributed by atoms with van der Waals surface area (Å²) in [4.78, 5) is 86.8. The first kappa shape index (κ1) is 42.0. The third-order valence-corrected chi connectivity index (χ3v) is 5.99. The lowest BCUT2D eigenvalue weighted by Crippen LogP contribution is -2.43. The van der Waals surface area contributed by atoms with Gasteiger partial charge in [-0.1, -0.05) is 33.8 Å². The second-order valence-corrected chi connectivity index (χ2v) is 14.2. The van der Waals surface area contributed by atoms with E-state index in [0.29, 0.717) is 13.1 Å². The third-order valence-electron chi connectivity index (χ3n) is 5.99. The average molecular weight is 679 g/mol. The largest absolute Gasteiger partial charge is 0.460 e. The molecule has 0 unspecified atom stereocenters. The van der Waals surface area contributed by atoms with E-state index in [2.05, 4.69) is 21.6 Å². The maximum Gasteiger partial charge on any atom is 0.306 e. The van der Waals surface area contributed by atoms with Gasteiger partial charge in [-0.05, 0) is 84.4 Å². The van der Waals surface area contributed by atoms with Crippen molar-refractivity contribution in [3.05, 3.63) is 35.4 Å². The smallest absolute Gasteiger partial charge is 0.306 e. The number of hydrogen-bond acceptors (Lipinski definition) is 10. The molecule has 0 bridgehead atoms. The van der Waals surface area contributed by atoms with Crippen LogP contribution in [0.4, 0.5) is 0 Å². The quantitative estimate of drug-likeness (QED) is 0.132. The molecule has 1 aromatic carbocycles. The molecule has 1 rings (SSSR count). The van der Waals surface area contributed by atoms with Crippen molar-refractivity contribution in [2.24, 2.45) is 11.8 Å². The van der Waals surface area contributed by atoms with E-state index in [-0.39, 0.29) is 48.6 Å². The monoisotopic (exact) mass is 678 g/mol. The van der Waals surface area contributed by atoms with Gasteiger partial charge in [-0.25, -0.2) is 11.0 Å². The van der Waals surface area contributed by atoms with Crippen LogP contribution in [0.3, 0.4) is 0 Å².